The summed E-state index contributed by atoms with van der Waals surface area (Å²) in [4.78, 5) is 19.2. The molecule has 0 aliphatic heterocycles. The average molecular weight is 542 g/mol. The Hall–Kier alpha value is -3.40. The van der Waals surface area contributed by atoms with Crippen molar-refractivity contribution in [1.29, 1.82) is 0 Å². The van der Waals surface area contributed by atoms with Gasteiger partial charge in [0, 0.05) is 31.8 Å². The summed E-state index contributed by atoms with van der Waals surface area (Å²) in [6.07, 6.45) is -7.68. The SMILES string of the molecule is CCN(CC)C(=O)N[C@@](Cc1ccccc1)(c1cc(F)cc(OC(F)(F)C(F)F)c1)c1ccc(Cl)cn1. The van der Waals surface area contributed by atoms with E-state index in [2.05, 4.69) is 15.0 Å². The maximum Gasteiger partial charge on any atom is 0.461 e. The monoisotopic (exact) mass is 541 g/mol. The van der Waals surface area contributed by atoms with Crippen LogP contribution in [0.3, 0.4) is 0 Å². The lowest BCUT2D eigenvalue weighted by Gasteiger charge is -2.37. The van der Waals surface area contributed by atoms with Crippen LogP contribution in [-0.2, 0) is 12.0 Å². The van der Waals surface area contributed by atoms with Gasteiger partial charge in [-0.15, -0.1) is 0 Å². The van der Waals surface area contributed by atoms with Gasteiger partial charge in [0.05, 0.1) is 10.7 Å². The van der Waals surface area contributed by atoms with Crippen molar-refractivity contribution in [1.82, 2.24) is 15.2 Å². The lowest BCUT2D eigenvalue weighted by molar-refractivity contribution is -0.253. The van der Waals surface area contributed by atoms with Gasteiger partial charge in [-0.05, 0) is 49.2 Å². The molecule has 0 radical (unpaired) electrons. The van der Waals surface area contributed by atoms with Gasteiger partial charge in [0.25, 0.3) is 0 Å². The van der Waals surface area contributed by atoms with E-state index in [-0.39, 0.29) is 22.7 Å². The van der Waals surface area contributed by atoms with Gasteiger partial charge in [0.15, 0.2) is 0 Å². The zero-order valence-electron chi connectivity index (χ0n) is 20.0. The minimum Gasteiger partial charge on any atom is -0.428 e. The first-order valence-corrected chi connectivity index (χ1v) is 11.8. The normalized spacial score (nSPS) is 13.2. The standard InChI is InChI=1S/C26H25ClF5N3O2/c1-3-35(4-2)24(36)34-25(15-17-8-6-5-7-9-17,22-11-10-19(27)16-33-22)18-12-20(28)14-21(13-18)37-26(31,32)23(29)30/h5-14,16,23H,3-4,15H2,1-2H3,(H,34,36)/t25-/m0/s1. The average Bonchev–Trinajstić information content (AvgIpc) is 2.84. The van der Waals surface area contributed by atoms with Gasteiger partial charge in [0.1, 0.15) is 17.1 Å². The highest BCUT2D eigenvalue weighted by Gasteiger charge is 2.45. The molecule has 37 heavy (non-hydrogen) atoms. The number of ether oxygens (including phenoxy) is 1. The van der Waals surface area contributed by atoms with Gasteiger partial charge in [-0.3, -0.25) is 4.98 Å². The van der Waals surface area contributed by atoms with Crippen LogP contribution in [0.4, 0.5) is 26.7 Å². The Bertz CT molecular complexity index is 1190. The fourth-order valence-corrected chi connectivity index (χ4v) is 4.01. The van der Waals surface area contributed by atoms with Gasteiger partial charge in [-0.2, -0.15) is 17.6 Å². The summed E-state index contributed by atoms with van der Waals surface area (Å²) in [6, 6.07) is 13.8. The molecule has 198 valence electrons. The van der Waals surface area contributed by atoms with Crippen LogP contribution in [0.25, 0.3) is 0 Å². The van der Waals surface area contributed by atoms with Crippen molar-refractivity contribution in [2.24, 2.45) is 0 Å². The zero-order chi connectivity index (χ0) is 27.2. The molecule has 3 aromatic rings. The second-order valence-electron chi connectivity index (χ2n) is 8.17. The van der Waals surface area contributed by atoms with Crippen molar-refractivity contribution in [2.45, 2.75) is 38.3 Å². The van der Waals surface area contributed by atoms with E-state index in [9.17, 15) is 26.7 Å². The topological polar surface area (TPSA) is 54.5 Å². The molecule has 0 saturated heterocycles. The molecule has 0 fully saturated rings. The fraction of sp³-hybridized carbons (Fsp3) is 0.308. The first-order chi connectivity index (χ1) is 17.5. The van der Waals surface area contributed by atoms with E-state index in [1.54, 1.807) is 44.2 Å². The minimum atomic E-state index is -4.86. The van der Waals surface area contributed by atoms with Crippen molar-refractivity contribution >= 4 is 17.6 Å². The molecule has 0 bridgehead atoms. The summed E-state index contributed by atoms with van der Waals surface area (Å²) >= 11 is 6.03. The number of pyridine rings is 1. The Kier molecular flexibility index (Phi) is 8.96. The molecule has 1 aromatic heterocycles. The van der Waals surface area contributed by atoms with Crippen LogP contribution in [0.15, 0.2) is 66.9 Å². The predicted octanol–water partition coefficient (Wildman–Crippen LogP) is 6.65. The Labute approximate surface area is 216 Å². The van der Waals surface area contributed by atoms with Gasteiger partial charge < -0.3 is 15.0 Å². The number of alkyl halides is 4. The van der Waals surface area contributed by atoms with E-state index in [1.807, 2.05) is 0 Å². The number of amides is 2. The third-order valence-corrected chi connectivity index (χ3v) is 5.94. The van der Waals surface area contributed by atoms with Crippen LogP contribution in [-0.4, -0.2) is 41.5 Å². The lowest BCUT2D eigenvalue weighted by Crippen LogP contribution is -2.53. The molecule has 0 aliphatic carbocycles. The highest BCUT2D eigenvalue weighted by molar-refractivity contribution is 6.30. The van der Waals surface area contributed by atoms with Crippen LogP contribution < -0.4 is 10.1 Å². The molecule has 1 atom stereocenters. The number of rotatable bonds is 10. The molecule has 0 spiro atoms. The summed E-state index contributed by atoms with van der Waals surface area (Å²) in [5, 5.41) is 3.18. The number of hydrogen-bond acceptors (Lipinski definition) is 3. The third-order valence-electron chi connectivity index (χ3n) is 5.72. The first kappa shape index (κ1) is 28.2. The van der Waals surface area contributed by atoms with Crippen LogP contribution in [0.5, 0.6) is 5.75 Å². The van der Waals surface area contributed by atoms with Crippen LogP contribution in [0, 0.1) is 5.82 Å². The summed E-state index contributed by atoms with van der Waals surface area (Å²) in [6.45, 7) is 4.22. The Balaban J connectivity index is 2.27. The van der Waals surface area contributed by atoms with Crippen molar-refractivity contribution in [3.63, 3.8) is 0 Å². The molecule has 0 unspecified atom stereocenters. The second kappa shape index (κ2) is 11.8. The Morgan fingerprint density at radius 3 is 2.32 bits per heavy atom. The molecule has 2 aromatic carbocycles. The highest BCUT2D eigenvalue weighted by Crippen LogP contribution is 2.37. The number of carbonyl (C=O) groups is 1. The van der Waals surface area contributed by atoms with Gasteiger partial charge in [0.2, 0.25) is 0 Å². The molecule has 3 rings (SSSR count). The Morgan fingerprint density at radius 2 is 1.76 bits per heavy atom. The smallest absolute Gasteiger partial charge is 0.428 e. The zero-order valence-corrected chi connectivity index (χ0v) is 20.8. The number of aromatic nitrogens is 1. The molecule has 0 aliphatic rings. The fourth-order valence-electron chi connectivity index (χ4n) is 3.89. The van der Waals surface area contributed by atoms with E-state index in [0.29, 0.717) is 24.7 Å². The lowest BCUT2D eigenvalue weighted by atomic mass is 9.80. The van der Waals surface area contributed by atoms with Gasteiger partial charge in [-0.1, -0.05) is 41.9 Å². The van der Waals surface area contributed by atoms with Crippen molar-refractivity contribution in [3.05, 3.63) is 94.5 Å². The van der Waals surface area contributed by atoms with E-state index in [4.69, 9.17) is 11.6 Å². The second-order valence-corrected chi connectivity index (χ2v) is 8.61. The summed E-state index contributed by atoms with van der Waals surface area (Å²) < 4.78 is 72.0. The van der Waals surface area contributed by atoms with Crippen LogP contribution in [0.1, 0.15) is 30.7 Å². The number of nitrogens with zero attached hydrogens (tertiary/aromatic N) is 2. The summed E-state index contributed by atoms with van der Waals surface area (Å²) in [5.41, 5.74) is -0.791. The number of benzene rings is 2. The Morgan fingerprint density at radius 1 is 1.08 bits per heavy atom. The van der Waals surface area contributed by atoms with E-state index in [1.165, 1.54) is 23.2 Å². The summed E-state index contributed by atoms with van der Waals surface area (Å²) in [5.74, 6) is -1.88. The minimum absolute atomic E-state index is 0.00359. The molecular formula is C26H25ClF5N3O2. The molecule has 11 heteroatoms. The van der Waals surface area contributed by atoms with E-state index >= 15 is 0 Å². The van der Waals surface area contributed by atoms with Crippen molar-refractivity contribution in [3.8, 4) is 5.75 Å². The van der Waals surface area contributed by atoms with Gasteiger partial charge in [-0.25, -0.2) is 9.18 Å². The van der Waals surface area contributed by atoms with Crippen molar-refractivity contribution in [2.75, 3.05) is 13.1 Å². The number of carbonyl (C=O) groups excluding carboxylic acids is 1. The largest absolute Gasteiger partial charge is 0.461 e. The molecule has 5 nitrogen and oxygen atoms in total. The predicted molar refractivity (Wildman–Crippen MR) is 130 cm³/mol. The molecule has 1 N–H and O–H groups in total. The number of nitrogens with one attached hydrogen (secondary N) is 1. The number of hydrogen-bond donors (Lipinski definition) is 1. The summed E-state index contributed by atoms with van der Waals surface area (Å²) in [7, 11) is 0. The molecule has 2 amide bonds. The maximum absolute atomic E-state index is 14.8. The highest BCUT2D eigenvalue weighted by atomic mass is 35.5. The number of halogens is 6. The van der Waals surface area contributed by atoms with Crippen LogP contribution >= 0.6 is 11.6 Å². The van der Waals surface area contributed by atoms with E-state index in [0.717, 1.165) is 12.1 Å². The van der Waals surface area contributed by atoms with Crippen LogP contribution in [0.2, 0.25) is 5.02 Å². The van der Waals surface area contributed by atoms with E-state index < -0.39 is 35.7 Å². The molecular weight excluding hydrogens is 517 g/mol. The first-order valence-electron chi connectivity index (χ1n) is 11.4. The third kappa shape index (κ3) is 6.68. The van der Waals surface area contributed by atoms with Gasteiger partial charge >= 0.3 is 18.6 Å². The number of urea groups is 1. The molecule has 0 saturated carbocycles. The quantitative estimate of drug-likeness (QED) is 0.292. The molecule has 1 heterocycles. The van der Waals surface area contributed by atoms with Crippen molar-refractivity contribution < 1.29 is 31.5 Å². The maximum atomic E-state index is 14.8.